The summed E-state index contributed by atoms with van der Waals surface area (Å²) in [7, 11) is 0. The monoisotopic (exact) mass is 328 g/mol. The standard InChI is InChI=1S/C15H20N2O4.ClH/c1-2-13(15(20)21)16-7-9-17(10-8-16)14(19)11-3-5-12(18)6-4-11;/h3-6,13,18H,2,7-10H2,1H3,(H,20,21);1H. The molecule has 1 aliphatic rings. The molecule has 1 aromatic rings. The van der Waals surface area contributed by atoms with E-state index in [1.54, 1.807) is 17.0 Å². The van der Waals surface area contributed by atoms with Crippen molar-refractivity contribution in [3.8, 4) is 5.75 Å². The summed E-state index contributed by atoms with van der Waals surface area (Å²) in [5, 5.41) is 18.4. The third-order valence-corrected chi connectivity index (χ3v) is 3.83. The molecule has 1 heterocycles. The lowest BCUT2D eigenvalue weighted by Crippen LogP contribution is -2.53. The van der Waals surface area contributed by atoms with Gasteiger partial charge in [0.05, 0.1) is 0 Å². The molecule has 122 valence electrons. The molecule has 2 N–H and O–H groups in total. The van der Waals surface area contributed by atoms with Gasteiger partial charge in [0.25, 0.3) is 5.91 Å². The molecule has 0 aliphatic carbocycles. The summed E-state index contributed by atoms with van der Waals surface area (Å²) in [5.41, 5.74) is 0.534. The Morgan fingerprint density at radius 3 is 2.14 bits per heavy atom. The van der Waals surface area contributed by atoms with Crippen LogP contribution >= 0.6 is 12.4 Å². The van der Waals surface area contributed by atoms with Crippen molar-refractivity contribution in [2.24, 2.45) is 0 Å². The largest absolute Gasteiger partial charge is 0.508 e. The Labute approximate surface area is 135 Å². The van der Waals surface area contributed by atoms with E-state index < -0.39 is 12.0 Å². The van der Waals surface area contributed by atoms with Crippen molar-refractivity contribution < 1.29 is 19.8 Å². The zero-order chi connectivity index (χ0) is 15.4. The molecule has 0 aromatic heterocycles. The highest BCUT2D eigenvalue weighted by Crippen LogP contribution is 2.15. The van der Waals surface area contributed by atoms with Crippen LogP contribution in [-0.2, 0) is 4.79 Å². The second-order valence-corrected chi connectivity index (χ2v) is 5.14. The first kappa shape index (κ1) is 18.3. The number of carbonyl (C=O) groups excluding carboxylic acids is 1. The third-order valence-electron chi connectivity index (χ3n) is 3.83. The van der Waals surface area contributed by atoms with E-state index in [1.807, 2.05) is 11.8 Å². The first-order chi connectivity index (χ1) is 10.0. The van der Waals surface area contributed by atoms with E-state index in [0.717, 1.165) is 0 Å². The molecule has 1 fully saturated rings. The van der Waals surface area contributed by atoms with Gasteiger partial charge in [0.1, 0.15) is 11.8 Å². The summed E-state index contributed by atoms with van der Waals surface area (Å²) in [6.45, 7) is 4.02. The quantitative estimate of drug-likeness (QED) is 0.874. The third kappa shape index (κ3) is 4.11. The molecule has 22 heavy (non-hydrogen) atoms. The Balaban J connectivity index is 0.00000242. The smallest absolute Gasteiger partial charge is 0.320 e. The van der Waals surface area contributed by atoms with E-state index in [-0.39, 0.29) is 24.1 Å². The second kappa shape index (κ2) is 8.00. The molecule has 1 atom stereocenters. The van der Waals surface area contributed by atoms with Crippen LogP contribution in [0.3, 0.4) is 0 Å². The summed E-state index contributed by atoms with van der Waals surface area (Å²) in [4.78, 5) is 27.1. The van der Waals surface area contributed by atoms with Gasteiger partial charge in [0, 0.05) is 31.7 Å². The minimum Gasteiger partial charge on any atom is -0.508 e. The number of aliphatic carboxylic acids is 1. The fourth-order valence-electron chi connectivity index (χ4n) is 2.61. The second-order valence-electron chi connectivity index (χ2n) is 5.14. The van der Waals surface area contributed by atoms with Gasteiger partial charge in [0.15, 0.2) is 0 Å². The van der Waals surface area contributed by atoms with Gasteiger partial charge >= 0.3 is 5.97 Å². The van der Waals surface area contributed by atoms with E-state index in [2.05, 4.69) is 0 Å². The molecule has 1 unspecified atom stereocenters. The molecule has 2 rings (SSSR count). The van der Waals surface area contributed by atoms with E-state index in [1.165, 1.54) is 12.1 Å². The summed E-state index contributed by atoms with van der Waals surface area (Å²) in [6, 6.07) is 5.69. The minimum atomic E-state index is -0.809. The predicted molar refractivity (Wildman–Crippen MR) is 84.5 cm³/mol. The number of rotatable bonds is 4. The van der Waals surface area contributed by atoms with Gasteiger partial charge < -0.3 is 15.1 Å². The Morgan fingerprint density at radius 1 is 1.14 bits per heavy atom. The number of hydrogen-bond acceptors (Lipinski definition) is 4. The van der Waals surface area contributed by atoms with Crippen molar-refractivity contribution in [1.82, 2.24) is 9.80 Å². The van der Waals surface area contributed by atoms with Crippen molar-refractivity contribution in [2.75, 3.05) is 26.2 Å². The molecule has 6 nitrogen and oxygen atoms in total. The molecule has 1 aliphatic heterocycles. The lowest BCUT2D eigenvalue weighted by Gasteiger charge is -2.37. The first-order valence-corrected chi connectivity index (χ1v) is 7.08. The Kier molecular flexibility index (Phi) is 6.64. The molecule has 0 saturated carbocycles. The molecule has 0 spiro atoms. The minimum absolute atomic E-state index is 0. The lowest BCUT2D eigenvalue weighted by atomic mass is 10.1. The van der Waals surface area contributed by atoms with Crippen molar-refractivity contribution in [3.05, 3.63) is 29.8 Å². The van der Waals surface area contributed by atoms with Crippen LogP contribution in [0.2, 0.25) is 0 Å². The van der Waals surface area contributed by atoms with Gasteiger partial charge in [-0.1, -0.05) is 6.92 Å². The Morgan fingerprint density at radius 2 is 1.68 bits per heavy atom. The molecule has 1 aromatic carbocycles. The number of carboxylic acid groups (broad SMARTS) is 1. The maximum atomic E-state index is 12.3. The number of aromatic hydroxyl groups is 1. The van der Waals surface area contributed by atoms with E-state index in [4.69, 9.17) is 5.11 Å². The summed E-state index contributed by atoms with van der Waals surface area (Å²) >= 11 is 0. The number of phenolic OH excluding ortho intramolecular Hbond substituents is 1. The van der Waals surface area contributed by atoms with Crippen LogP contribution in [0.15, 0.2) is 24.3 Å². The molecular formula is C15H21ClN2O4. The number of hydrogen-bond donors (Lipinski definition) is 2. The number of carboxylic acids is 1. The van der Waals surface area contributed by atoms with Crippen molar-refractivity contribution in [1.29, 1.82) is 0 Å². The van der Waals surface area contributed by atoms with Crippen molar-refractivity contribution in [2.45, 2.75) is 19.4 Å². The number of nitrogens with zero attached hydrogens (tertiary/aromatic N) is 2. The molecule has 0 radical (unpaired) electrons. The number of amides is 1. The predicted octanol–water partition coefficient (Wildman–Crippen LogP) is 1.43. The fraction of sp³-hybridized carbons (Fsp3) is 0.467. The normalized spacial score (nSPS) is 16.7. The molecule has 7 heteroatoms. The highest BCUT2D eigenvalue weighted by molar-refractivity contribution is 5.94. The number of carbonyl (C=O) groups is 2. The van der Waals surface area contributed by atoms with Crippen LogP contribution in [0, 0.1) is 0 Å². The van der Waals surface area contributed by atoms with Crippen LogP contribution in [0.25, 0.3) is 0 Å². The fourth-order valence-corrected chi connectivity index (χ4v) is 2.61. The summed E-state index contributed by atoms with van der Waals surface area (Å²) in [5.74, 6) is -0.766. The summed E-state index contributed by atoms with van der Waals surface area (Å²) in [6.07, 6.45) is 0.557. The number of benzene rings is 1. The van der Waals surface area contributed by atoms with E-state index in [0.29, 0.717) is 38.2 Å². The number of halogens is 1. The van der Waals surface area contributed by atoms with Crippen molar-refractivity contribution >= 4 is 24.3 Å². The highest BCUT2D eigenvalue weighted by Gasteiger charge is 2.29. The maximum Gasteiger partial charge on any atom is 0.320 e. The van der Waals surface area contributed by atoms with Crippen LogP contribution in [0.4, 0.5) is 0 Å². The van der Waals surface area contributed by atoms with Crippen LogP contribution in [0.5, 0.6) is 5.75 Å². The Hall–Kier alpha value is -1.79. The number of piperazine rings is 1. The summed E-state index contributed by atoms with van der Waals surface area (Å²) < 4.78 is 0. The molecule has 1 saturated heterocycles. The molecular weight excluding hydrogens is 308 g/mol. The van der Waals surface area contributed by atoms with E-state index >= 15 is 0 Å². The van der Waals surface area contributed by atoms with Gasteiger partial charge in [-0.3, -0.25) is 14.5 Å². The first-order valence-electron chi connectivity index (χ1n) is 7.08. The van der Waals surface area contributed by atoms with Crippen molar-refractivity contribution in [3.63, 3.8) is 0 Å². The Bertz CT molecular complexity index is 513. The average molecular weight is 329 g/mol. The van der Waals surface area contributed by atoms with Crippen LogP contribution < -0.4 is 0 Å². The SMILES string of the molecule is CCC(C(=O)O)N1CCN(C(=O)c2ccc(O)cc2)CC1.Cl. The van der Waals surface area contributed by atoms with Crippen LogP contribution in [-0.4, -0.2) is 64.1 Å². The number of phenols is 1. The highest BCUT2D eigenvalue weighted by atomic mass is 35.5. The van der Waals surface area contributed by atoms with Gasteiger partial charge in [0.2, 0.25) is 0 Å². The van der Waals surface area contributed by atoms with E-state index in [9.17, 15) is 14.7 Å². The maximum absolute atomic E-state index is 12.3. The zero-order valence-corrected chi connectivity index (χ0v) is 13.3. The lowest BCUT2D eigenvalue weighted by molar-refractivity contribution is -0.144. The average Bonchev–Trinajstić information content (AvgIpc) is 2.48. The van der Waals surface area contributed by atoms with Gasteiger partial charge in [-0.2, -0.15) is 0 Å². The topological polar surface area (TPSA) is 81.1 Å². The zero-order valence-electron chi connectivity index (χ0n) is 12.4. The van der Waals surface area contributed by atoms with Crippen LogP contribution in [0.1, 0.15) is 23.7 Å². The molecule has 1 amide bonds. The molecule has 0 bridgehead atoms. The van der Waals surface area contributed by atoms with Gasteiger partial charge in [-0.05, 0) is 30.7 Å². The van der Waals surface area contributed by atoms with Gasteiger partial charge in [-0.25, -0.2) is 0 Å². The van der Waals surface area contributed by atoms with Gasteiger partial charge in [-0.15, -0.1) is 12.4 Å².